The molecule has 1 aromatic heterocycles. The molecule has 35 heavy (non-hydrogen) atoms. The van der Waals surface area contributed by atoms with E-state index in [0.717, 1.165) is 10.5 Å². The molecular weight excluding hydrogens is 488 g/mol. The maximum Gasteiger partial charge on any atom is 0.586 e. The highest BCUT2D eigenvalue weighted by atomic mass is 35.5. The van der Waals surface area contributed by atoms with Crippen LogP contribution in [-0.4, -0.2) is 51.7 Å². The van der Waals surface area contributed by atoms with Crippen molar-refractivity contribution in [3.63, 3.8) is 0 Å². The van der Waals surface area contributed by atoms with Gasteiger partial charge in [0.2, 0.25) is 0 Å². The zero-order valence-electron chi connectivity index (χ0n) is 19.1. The molecule has 4 atom stereocenters. The van der Waals surface area contributed by atoms with E-state index < -0.39 is 48.6 Å². The van der Waals surface area contributed by atoms with Crippen LogP contribution in [0.1, 0.15) is 37.9 Å². The Morgan fingerprint density at radius 3 is 2.60 bits per heavy atom. The molecule has 0 radical (unpaired) electrons. The van der Waals surface area contributed by atoms with Crippen molar-refractivity contribution in [3.05, 3.63) is 52.8 Å². The summed E-state index contributed by atoms with van der Waals surface area (Å²) in [6, 6.07) is 5.04. The molecule has 1 fully saturated rings. The number of rotatable bonds is 6. The van der Waals surface area contributed by atoms with Gasteiger partial charge in [-0.15, -0.1) is 8.78 Å². The Kier molecular flexibility index (Phi) is 6.74. The third kappa shape index (κ3) is 5.25. The zero-order valence-corrected chi connectivity index (χ0v) is 19.8. The third-order valence-electron chi connectivity index (χ3n) is 5.73. The number of carbonyl (C=O) groups excluding carboxylic acids is 2. The summed E-state index contributed by atoms with van der Waals surface area (Å²) in [5.74, 6) is -1.55. The zero-order chi connectivity index (χ0) is 25.5. The molecule has 2 aliphatic rings. The number of nitrogens with one attached hydrogen (secondary N) is 1. The lowest BCUT2D eigenvalue weighted by molar-refractivity contribution is -0.286. The molecule has 2 aromatic rings. The molecule has 188 valence electrons. The number of hydrogen-bond acceptors (Lipinski definition) is 7. The number of hydrogen-bond donors (Lipinski definition) is 2. The first kappa shape index (κ1) is 24.9. The highest BCUT2D eigenvalue weighted by molar-refractivity contribution is 6.29. The topological polar surface area (TPSA) is 110 Å². The lowest BCUT2D eigenvalue weighted by Gasteiger charge is -2.50. The third-order valence-corrected chi connectivity index (χ3v) is 5.95. The highest BCUT2D eigenvalue weighted by Crippen LogP contribution is 2.42. The van der Waals surface area contributed by atoms with Crippen molar-refractivity contribution in [3.8, 4) is 11.5 Å². The Balaban J connectivity index is 1.48. The number of esters is 1. The number of alkyl halides is 2. The van der Waals surface area contributed by atoms with Gasteiger partial charge in [-0.3, -0.25) is 4.90 Å². The van der Waals surface area contributed by atoms with Crippen LogP contribution in [0.25, 0.3) is 0 Å². The summed E-state index contributed by atoms with van der Waals surface area (Å²) in [7, 11) is 0. The second-order valence-corrected chi connectivity index (χ2v) is 9.04. The van der Waals surface area contributed by atoms with E-state index in [1.165, 1.54) is 24.4 Å². The van der Waals surface area contributed by atoms with Crippen molar-refractivity contribution in [2.24, 2.45) is 5.92 Å². The summed E-state index contributed by atoms with van der Waals surface area (Å²) in [6.45, 7) is 4.99. The predicted molar refractivity (Wildman–Crippen MR) is 119 cm³/mol. The van der Waals surface area contributed by atoms with E-state index in [0.29, 0.717) is 10.7 Å². The summed E-state index contributed by atoms with van der Waals surface area (Å²) < 4.78 is 40.8. The number of ether oxygens (including phenoxy) is 3. The fraction of sp³-hybridized carbons (Fsp3) is 0.435. The van der Waals surface area contributed by atoms with Crippen LogP contribution in [0.4, 0.5) is 13.6 Å². The van der Waals surface area contributed by atoms with Crippen molar-refractivity contribution in [1.29, 1.82) is 0 Å². The van der Waals surface area contributed by atoms with Gasteiger partial charge in [0.25, 0.3) is 0 Å². The molecule has 2 amide bonds. The molecule has 1 unspecified atom stereocenters. The number of carbonyl (C=O) groups is 2. The Hall–Kier alpha value is -3.18. The molecule has 4 rings (SSSR count). The fourth-order valence-electron chi connectivity index (χ4n) is 4.07. The number of likely N-dealkylation sites (tertiary alicyclic amines) is 1. The van der Waals surface area contributed by atoms with Crippen LogP contribution in [0.2, 0.25) is 5.15 Å². The van der Waals surface area contributed by atoms with Crippen molar-refractivity contribution in [2.45, 2.75) is 57.9 Å². The number of aromatic nitrogens is 1. The molecule has 2 aliphatic heterocycles. The molecule has 12 heteroatoms. The first-order valence-corrected chi connectivity index (χ1v) is 11.3. The molecule has 1 saturated heterocycles. The van der Waals surface area contributed by atoms with Crippen LogP contribution in [0.5, 0.6) is 11.5 Å². The molecule has 0 saturated carbocycles. The maximum absolute atomic E-state index is 13.3. The molecule has 9 nitrogen and oxygen atoms in total. The summed E-state index contributed by atoms with van der Waals surface area (Å²) in [4.78, 5) is 30.9. The van der Waals surface area contributed by atoms with E-state index in [4.69, 9.17) is 16.3 Å². The van der Waals surface area contributed by atoms with Crippen molar-refractivity contribution in [1.82, 2.24) is 15.2 Å². The minimum absolute atomic E-state index is 0.119. The Morgan fingerprint density at radius 2 is 1.94 bits per heavy atom. The molecule has 3 heterocycles. The molecule has 0 bridgehead atoms. The molecule has 0 spiro atoms. The standard InChI is InChI=1S/C23H24ClF2N3O6/c1-11(2)33-21(31)19-15(8-13-4-7-18(24)27-10-13)20(30)29(19)22(32)28-12(3)14-5-6-16-17(9-14)35-23(25,26)34-16/h4-7,9-12,15,19-20,30H,8H2,1-3H3,(H,28,32)/t12-,15-,19+,20?/m1/s1. The SMILES string of the molecule is CC(C)OC(=O)[C@@H]1[C@@H](Cc2ccc(Cl)nc2)C(O)N1C(=O)N[C@H](C)c1ccc2c(c1)OC(F)(F)O2. The van der Waals surface area contributed by atoms with E-state index in [-0.39, 0.29) is 17.9 Å². The van der Waals surface area contributed by atoms with Gasteiger partial charge in [-0.2, -0.15) is 0 Å². The largest absolute Gasteiger partial charge is 0.586 e. The van der Waals surface area contributed by atoms with Gasteiger partial charge in [0.15, 0.2) is 11.5 Å². The number of benzene rings is 1. The van der Waals surface area contributed by atoms with Gasteiger partial charge in [0, 0.05) is 12.1 Å². The number of fused-ring (bicyclic) bond motifs is 1. The number of halogens is 3. The number of urea groups is 1. The van der Waals surface area contributed by atoms with Gasteiger partial charge in [0.1, 0.15) is 17.4 Å². The van der Waals surface area contributed by atoms with Crippen LogP contribution in [0.15, 0.2) is 36.5 Å². The van der Waals surface area contributed by atoms with Gasteiger partial charge >= 0.3 is 18.3 Å². The van der Waals surface area contributed by atoms with Gasteiger partial charge in [-0.05, 0) is 56.5 Å². The minimum atomic E-state index is -3.76. The van der Waals surface area contributed by atoms with E-state index in [1.54, 1.807) is 32.9 Å². The van der Waals surface area contributed by atoms with Crippen LogP contribution in [0, 0.1) is 5.92 Å². The van der Waals surface area contributed by atoms with E-state index in [9.17, 15) is 23.5 Å². The van der Waals surface area contributed by atoms with Gasteiger partial charge in [-0.25, -0.2) is 14.6 Å². The monoisotopic (exact) mass is 511 g/mol. The number of aliphatic hydroxyl groups is 1. The summed E-state index contributed by atoms with van der Waals surface area (Å²) in [6.07, 6.45) is -3.65. The Labute approximate surface area is 204 Å². The Bertz CT molecular complexity index is 1120. The van der Waals surface area contributed by atoms with Gasteiger partial charge < -0.3 is 24.6 Å². The quantitative estimate of drug-likeness (QED) is 0.450. The van der Waals surface area contributed by atoms with Crippen LogP contribution >= 0.6 is 11.6 Å². The summed E-state index contributed by atoms with van der Waals surface area (Å²) >= 11 is 5.82. The molecule has 2 N–H and O–H groups in total. The lowest BCUT2D eigenvalue weighted by atomic mass is 9.81. The van der Waals surface area contributed by atoms with E-state index in [2.05, 4.69) is 19.8 Å². The molecule has 1 aromatic carbocycles. The predicted octanol–water partition coefficient (Wildman–Crippen LogP) is 3.64. The first-order valence-electron chi connectivity index (χ1n) is 10.9. The first-order chi connectivity index (χ1) is 16.4. The summed E-state index contributed by atoms with van der Waals surface area (Å²) in [5, 5.41) is 13.7. The number of pyridine rings is 1. The average molecular weight is 512 g/mol. The normalized spacial score (nSPS) is 23.0. The van der Waals surface area contributed by atoms with Crippen molar-refractivity contribution < 1.29 is 37.7 Å². The van der Waals surface area contributed by atoms with Gasteiger partial charge in [-0.1, -0.05) is 23.7 Å². The maximum atomic E-state index is 13.3. The van der Waals surface area contributed by atoms with Gasteiger partial charge in [0.05, 0.1) is 12.1 Å². The number of aliphatic hydroxyl groups excluding tert-OH is 1. The highest BCUT2D eigenvalue weighted by Gasteiger charge is 2.55. The number of nitrogens with zero attached hydrogens (tertiary/aromatic N) is 2. The lowest BCUT2D eigenvalue weighted by Crippen LogP contribution is -2.71. The average Bonchev–Trinajstić information content (AvgIpc) is 3.08. The van der Waals surface area contributed by atoms with E-state index in [1.807, 2.05) is 0 Å². The smallest absolute Gasteiger partial charge is 0.461 e. The molecular formula is C23H24ClF2N3O6. The number of amides is 2. The minimum Gasteiger partial charge on any atom is -0.461 e. The fourth-order valence-corrected chi connectivity index (χ4v) is 4.18. The van der Waals surface area contributed by atoms with Crippen LogP contribution in [0.3, 0.4) is 0 Å². The van der Waals surface area contributed by atoms with E-state index >= 15 is 0 Å². The second-order valence-electron chi connectivity index (χ2n) is 8.65. The summed E-state index contributed by atoms with van der Waals surface area (Å²) in [5.41, 5.74) is 1.19. The van der Waals surface area contributed by atoms with Crippen molar-refractivity contribution in [2.75, 3.05) is 0 Å². The molecule has 0 aliphatic carbocycles. The second kappa shape index (κ2) is 9.46. The van der Waals surface area contributed by atoms with Crippen LogP contribution in [-0.2, 0) is 16.0 Å². The Morgan fingerprint density at radius 1 is 1.23 bits per heavy atom. The van der Waals surface area contributed by atoms with Crippen LogP contribution < -0.4 is 14.8 Å². The van der Waals surface area contributed by atoms with Crippen molar-refractivity contribution >= 4 is 23.6 Å².